The molecule has 4 nitrogen and oxygen atoms in total. The Labute approximate surface area is 141 Å². The summed E-state index contributed by atoms with van der Waals surface area (Å²) in [6, 6.07) is 12.8. The lowest BCUT2D eigenvalue weighted by molar-refractivity contribution is -0.115. The van der Waals surface area contributed by atoms with Gasteiger partial charge in [0.25, 0.3) is 5.91 Å². The molecule has 0 saturated heterocycles. The van der Waals surface area contributed by atoms with Crippen LogP contribution in [-0.2, 0) is 11.2 Å². The maximum Gasteiger partial charge on any atom is 0.251 e. The highest BCUT2D eigenvalue weighted by Gasteiger charge is 2.08. The number of nitrogens with one attached hydrogen (secondary N) is 2. The van der Waals surface area contributed by atoms with Gasteiger partial charge in [0.05, 0.1) is 6.54 Å². The van der Waals surface area contributed by atoms with Crippen molar-refractivity contribution in [2.24, 2.45) is 0 Å². The summed E-state index contributed by atoms with van der Waals surface area (Å²) < 4.78 is 12.8. The minimum atomic E-state index is -0.372. The number of carbonyl (C=O) groups is 2. The van der Waals surface area contributed by atoms with Gasteiger partial charge in [0.15, 0.2) is 0 Å². The van der Waals surface area contributed by atoms with Crippen LogP contribution in [0.25, 0.3) is 0 Å². The fourth-order valence-corrected chi connectivity index (χ4v) is 2.20. The van der Waals surface area contributed by atoms with Crippen LogP contribution in [0.4, 0.5) is 10.1 Å². The van der Waals surface area contributed by atoms with Gasteiger partial charge in [-0.05, 0) is 54.8 Å². The van der Waals surface area contributed by atoms with E-state index in [0.29, 0.717) is 11.3 Å². The molecule has 0 aromatic heterocycles. The zero-order chi connectivity index (χ0) is 17.4. The maximum absolute atomic E-state index is 12.8. The fraction of sp³-hybridized carbons (Fsp3) is 0.263. The van der Waals surface area contributed by atoms with Crippen molar-refractivity contribution in [2.45, 2.75) is 26.2 Å². The van der Waals surface area contributed by atoms with Gasteiger partial charge in [0.2, 0.25) is 5.91 Å². The molecule has 2 aromatic carbocycles. The van der Waals surface area contributed by atoms with Crippen LogP contribution in [0.15, 0.2) is 48.5 Å². The first-order valence-electron chi connectivity index (χ1n) is 8.01. The summed E-state index contributed by atoms with van der Waals surface area (Å²) in [6.45, 7) is 1.99. The highest BCUT2D eigenvalue weighted by atomic mass is 19.1. The van der Waals surface area contributed by atoms with Gasteiger partial charge in [0, 0.05) is 11.3 Å². The largest absolute Gasteiger partial charge is 0.343 e. The Kier molecular flexibility index (Phi) is 6.49. The van der Waals surface area contributed by atoms with Crippen LogP contribution in [-0.4, -0.2) is 18.4 Å². The molecule has 0 bridgehead atoms. The lowest BCUT2D eigenvalue weighted by Crippen LogP contribution is -2.32. The second kappa shape index (κ2) is 8.82. The SMILES string of the molecule is CCCCc1ccc(C(=O)NCC(=O)Nc2ccc(F)cc2)cc1. The molecule has 0 heterocycles. The molecule has 0 aliphatic heterocycles. The molecule has 0 radical (unpaired) electrons. The topological polar surface area (TPSA) is 58.2 Å². The standard InChI is InChI=1S/C19H21FN2O2/c1-2-3-4-14-5-7-15(8-6-14)19(24)21-13-18(23)22-17-11-9-16(20)10-12-17/h5-12H,2-4,13H2,1H3,(H,21,24)(H,22,23). The molecular formula is C19H21FN2O2. The molecular weight excluding hydrogens is 307 g/mol. The van der Waals surface area contributed by atoms with Crippen molar-refractivity contribution in [1.82, 2.24) is 5.32 Å². The van der Waals surface area contributed by atoms with Crippen molar-refractivity contribution < 1.29 is 14.0 Å². The molecule has 0 aliphatic carbocycles. The van der Waals surface area contributed by atoms with Crippen molar-refractivity contribution >= 4 is 17.5 Å². The molecule has 0 atom stereocenters. The first kappa shape index (κ1) is 17.7. The molecule has 0 unspecified atom stereocenters. The van der Waals surface area contributed by atoms with Crippen molar-refractivity contribution in [3.05, 3.63) is 65.5 Å². The number of hydrogen-bond acceptors (Lipinski definition) is 2. The van der Waals surface area contributed by atoms with Gasteiger partial charge in [-0.2, -0.15) is 0 Å². The Morgan fingerprint density at radius 3 is 2.29 bits per heavy atom. The molecule has 5 heteroatoms. The Bertz CT molecular complexity index is 682. The Morgan fingerprint density at radius 2 is 1.67 bits per heavy atom. The van der Waals surface area contributed by atoms with Gasteiger partial charge in [0.1, 0.15) is 5.82 Å². The van der Waals surface area contributed by atoms with E-state index < -0.39 is 0 Å². The van der Waals surface area contributed by atoms with E-state index >= 15 is 0 Å². The van der Waals surface area contributed by atoms with Crippen LogP contribution in [0.5, 0.6) is 0 Å². The Balaban J connectivity index is 1.81. The Morgan fingerprint density at radius 1 is 1.00 bits per heavy atom. The quantitative estimate of drug-likeness (QED) is 0.817. The molecule has 2 aromatic rings. The van der Waals surface area contributed by atoms with Gasteiger partial charge < -0.3 is 10.6 Å². The highest BCUT2D eigenvalue weighted by molar-refractivity contribution is 5.99. The molecule has 2 amide bonds. The number of benzene rings is 2. The predicted molar refractivity (Wildman–Crippen MR) is 92.4 cm³/mol. The summed E-state index contributed by atoms with van der Waals surface area (Å²) in [5, 5.41) is 5.16. The summed E-state index contributed by atoms with van der Waals surface area (Å²) in [5.74, 6) is -1.04. The zero-order valence-corrected chi connectivity index (χ0v) is 13.6. The second-order valence-electron chi connectivity index (χ2n) is 5.54. The van der Waals surface area contributed by atoms with E-state index in [9.17, 15) is 14.0 Å². The lowest BCUT2D eigenvalue weighted by Gasteiger charge is -2.07. The molecule has 2 N–H and O–H groups in total. The average molecular weight is 328 g/mol. The number of amides is 2. The second-order valence-corrected chi connectivity index (χ2v) is 5.54. The Hall–Kier alpha value is -2.69. The molecule has 2 rings (SSSR count). The van der Waals surface area contributed by atoms with Gasteiger partial charge in [-0.25, -0.2) is 4.39 Å². The van der Waals surface area contributed by atoms with Crippen LogP contribution in [0.2, 0.25) is 0 Å². The van der Waals surface area contributed by atoms with Crippen molar-refractivity contribution in [2.75, 3.05) is 11.9 Å². The minimum Gasteiger partial charge on any atom is -0.343 e. The number of halogens is 1. The van der Waals surface area contributed by atoms with E-state index in [4.69, 9.17) is 0 Å². The molecule has 0 aliphatic rings. The first-order chi connectivity index (χ1) is 11.6. The van der Waals surface area contributed by atoms with Crippen molar-refractivity contribution in [3.8, 4) is 0 Å². The summed E-state index contributed by atoms with van der Waals surface area (Å²) >= 11 is 0. The van der Waals surface area contributed by atoms with Crippen LogP contribution in [0.1, 0.15) is 35.7 Å². The third-order valence-corrected chi connectivity index (χ3v) is 3.57. The summed E-state index contributed by atoms with van der Waals surface area (Å²) in [4.78, 5) is 23.8. The maximum atomic E-state index is 12.8. The predicted octanol–water partition coefficient (Wildman–Crippen LogP) is 3.54. The van der Waals surface area contributed by atoms with E-state index in [0.717, 1.165) is 19.3 Å². The zero-order valence-electron chi connectivity index (χ0n) is 13.6. The summed E-state index contributed by atoms with van der Waals surface area (Å²) in [7, 11) is 0. The van der Waals surface area contributed by atoms with Crippen LogP contribution >= 0.6 is 0 Å². The normalized spacial score (nSPS) is 10.2. The third-order valence-electron chi connectivity index (χ3n) is 3.57. The van der Waals surface area contributed by atoms with Crippen LogP contribution in [0, 0.1) is 5.82 Å². The number of anilines is 1. The lowest BCUT2D eigenvalue weighted by atomic mass is 10.1. The average Bonchev–Trinajstić information content (AvgIpc) is 2.60. The molecule has 24 heavy (non-hydrogen) atoms. The third kappa shape index (κ3) is 5.50. The number of carbonyl (C=O) groups excluding carboxylic acids is 2. The van der Waals surface area contributed by atoms with E-state index in [1.807, 2.05) is 12.1 Å². The van der Waals surface area contributed by atoms with Crippen molar-refractivity contribution in [1.29, 1.82) is 0 Å². The van der Waals surface area contributed by atoms with E-state index in [-0.39, 0.29) is 24.2 Å². The number of hydrogen-bond donors (Lipinski definition) is 2. The van der Waals surface area contributed by atoms with Gasteiger partial charge in [-0.15, -0.1) is 0 Å². The molecule has 0 saturated carbocycles. The number of aryl methyl sites for hydroxylation is 1. The molecule has 0 fully saturated rings. The number of unbranched alkanes of at least 4 members (excludes halogenated alkanes) is 1. The van der Waals surface area contributed by atoms with Crippen LogP contribution in [0.3, 0.4) is 0 Å². The fourth-order valence-electron chi connectivity index (χ4n) is 2.20. The van der Waals surface area contributed by atoms with E-state index in [2.05, 4.69) is 17.6 Å². The van der Waals surface area contributed by atoms with Gasteiger partial charge in [-0.3, -0.25) is 9.59 Å². The molecule has 126 valence electrons. The monoisotopic (exact) mass is 328 g/mol. The van der Waals surface area contributed by atoms with Crippen molar-refractivity contribution in [3.63, 3.8) is 0 Å². The van der Waals surface area contributed by atoms with E-state index in [1.54, 1.807) is 12.1 Å². The minimum absolute atomic E-state index is 0.145. The number of rotatable bonds is 7. The van der Waals surface area contributed by atoms with Crippen LogP contribution < -0.4 is 10.6 Å². The van der Waals surface area contributed by atoms with E-state index in [1.165, 1.54) is 29.8 Å². The smallest absolute Gasteiger partial charge is 0.251 e. The van der Waals surface area contributed by atoms with Gasteiger partial charge in [-0.1, -0.05) is 25.5 Å². The first-order valence-corrected chi connectivity index (χ1v) is 8.01. The summed E-state index contributed by atoms with van der Waals surface area (Å²) in [6.07, 6.45) is 3.25. The molecule has 0 spiro atoms. The summed E-state index contributed by atoms with van der Waals surface area (Å²) in [5.41, 5.74) is 2.20. The highest BCUT2D eigenvalue weighted by Crippen LogP contribution is 2.09. The van der Waals surface area contributed by atoms with Gasteiger partial charge >= 0.3 is 0 Å².